The number of rotatable bonds is 4. The molecule has 6 rings (SSSR count). The molecule has 4 amide bonds. The molecule has 0 bridgehead atoms. The van der Waals surface area contributed by atoms with Gasteiger partial charge in [0.05, 0.1) is 19.1 Å². The van der Waals surface area contributed by atoms with Crippen molar-refractivity contribution in [1.29, 1.82) is 0 Å². The molecule has 4 heterocycles. The highest BCUT2D eigenvalue weighted by Gasteiger charge is 2.62. The van der Waals surface area contributed by atoms with Crippen LogP contribution in [0.2, 0.25) is 5.02 Å². The van der Waals surface area contributed by atoms with Crippen molar-refractivity contribution in [2.24, 2.45) is 11.7 Å². The minimum Gasteiger partial charge on any atom is -0.444 e. The summed E-state index contributed by atoms with van der Waals surface area (Å²) < 4.78 is 35.2. The van der Waals surface area contributed by atoms with E-state index in [1.54, 1.807) is 12.1 Å². The molecule has 1 aromatic carbocycles. The number of nitrogens with two attached hydrogens (primary N) is 1. The van der Waals surface area contributed by atoms with Gasteiger partial charge in [-0.2, -0.15) is 12.7 Å². The third-order valence-electron chi connectivity index (χ3n) is 9.79. The van der Waals surface area contributed by atoms with Crippen LogP contribution in [-0.2, 0) is 42.4 Å². The lowest BCUT2D eigenvalue weighted by Crippen LogP contribution is -2.58. The van der Waals surface area contributed by atoms with Crippen LogP contribution in [0.1, 0.15) is 68.9 Å². The molecule has 15 heteroatoms. The Morgan fingerprint density at radius 2 is 1.89 bits per heavy atom. The van der Waals surface area contributed by atoms with Crippen LogP contribution in [0.4, 0.5) is 4.79 Å². The first kappa shape index (κ1) is 33.5. The second kappa shape index (κ2) is 13.6. The molecule has 0 radical (unpaired) electrons. The van der Waals surface area contributed by atoms with Gasteiger partial charge in [0.1, 0.15) is 17.7 Å². The Morgan fingerprint density at radius 3 is 2.66 bits per heavy atom. The molecule has 4 aliphatic heterocycles. The van der Waals surface area contributed by atoms with Crippen molar-refractivity contribution >= 4 is 45.6 Å². The quantitative estimate of drug-likeness (QED) is 0.404. The molecule has 47 heavy (non-hydrogen) atoms. The molecule has 0 aromatic heterocycles. The number of hydrogen-bond donors (Lipinski definition) is 3. The summed E-state index contributed by atoms with van der Waals surface area (Å²) in [5.74, 6) is -2.44. The van der Waals surface area contributed by atoms with Crippen LogP contribution in [0.25, 0.3) is 0 Å². The van der Waals surface area contributed by atoms with Crippen LogP contribution in [0.15, 0.2) is 36.1 Å². The molecular formula is C32H41ClN6O7S. The molecule has 0 unspecified atom stereocenters. The van der Waals surface area contributed by atoms with Gasteiger partial charge in [0.25, 0.3) is 5.91 Å². The lowest BCUT2D eigenvalue weighted by molar-refractivity contribution is -0.140. The summed E-state index contributed by atoms with van der Waals surface area (Å²) in [4.78, 5) is 57.3. The van der Waals surface area contributed by atoms with E-state index >= 15 is 0 Å². The Bertz CT molecular complexity index is 1610. The highest BCUT2D eigenvalue weighted by Crippen LogP contribution is 2.45. The SMILES string of the molecule is N[C@H]1CCCCCC=C=C[C@@H]2C[C@@]2(C(=O)NS(=O)(=O)N2CCCC2)NC(=O)[C@@H]2C[C@@H](OC(=O)N3Cc4cccc(Cl)c4C3)CN2C1=O. The number of carbonyl (C=O) groups excluding carboxylic acids is 4. The first-order valence-corrected chi connectivity index (χ1v) is 18.1. The Morgan fingerprint density at radius 1 is 1.11 bits per heavy atom. The standard InChI is InChI=1S/C32H41ClN6O7S/c33-25-12-9-10-21-18-37(20-24(21)25)31(43)46-23-16-27-28(40)35-32(30(42)36-47(44,45)38-14-7-8-15-38)17-22(32)11-5-3-1-2-4-6-13-26(34)29(41)39(27)19-23/h3,9-12,22-23,26-27H,1-2,4,6-8,13-20,34H2,(H,35,40)(H,36,42)/t5?,22-,23-,26+,27+,32-/m1/s1. The van der Waals surface area contributed by atoms with Crippen molar-refractivity contribution in [2.45, 2.75) is 94.6 Å². The number of carbonyl (C=O) groups is 4. The molecule has 1 aromatic rings. The van der Waals surface area contributed by atoms with E-state index < -0.39 is 63.7 Å². The summed E-state index contributed by atoms with van der Waals surface area (Å²) in [6.45, 7) is 1.17. The highest BCUT2D eigenvalue weighted by atomic mass is 35.5. The summed E-state index contributed by atoms with van der Waals surface area (Å²) in [5.41, 5.74) is 9.64. The van der Waals surface area contributed by atoms with E-state index in [0.29, 0.717) is 43.9 Å². The van der Waals surface area contributed by atoms with Gasteiger partial charge < -0.3 is 20.7 Å². The van der Waals surface area contributed by atoms with Gasteiger partial charge in [-0.15, -0.1) is 5.73 Å². The van der Waals surface area contributed by atoms with Gasteiger partial charge in [-0.05, 0) is 67.9 Å². The fourth-order valence-corrected chi connectivity index (χ4v) is 8.49. The maximum atomic E-state index is 14.0. The maximum absolute atomic E-state index is 14.0. The molecule has 2 saturated heterocycles. The van der Waals surface area contributed by atoms with Crippen LogP contribution < -0.4 is 15.8 Å². The maximum Gasteiger partial charge on any atom is 0.410 e. The van der Waals surface area contributed by atoms with Gasteiger partial charge in [0.2, 0.25) is 11.8 Å². The number of halogens is 1. The Hall–Kier alpha value is -3.42. The van der Waals surface area contributed by atoms with Crippen molar-refractivity contribution in [3.8, 4) is 0 Å². The van der Waals surface area contributed by atoms with Crippen molar-refractivity contribution in [2.75, 3.05) is 19.6 Å². The minimum absolute atomic E-state index is 0.0121. The molecule has 1 aliphatic carbocycles. The third-order valence-corrected chi connectivity index (χ3v) is 11.6. The van der Waals surface area contributed by atoms with E-state index in [4.69, 9.17) is 22.1 Å². The predicted octanol–water partition coefficient (Wildman–Crippen LogP) is 2.10. The number of benzene rings is 1. The summed E-state index contributed by atoms with van der Waals surface area (Å²) in [7, 11) is -4.11. The van der Waals surface area contributed by atoms with Crippen molar-refractivity contribution in [3.63, 3.8) is 0 Å². The van der Waals surface area contributed by atoms with Gasteiger partial charge in [-0.1, -0.05) is 36.6 Å². The van der Waals surface area contributed by atoms with E-state index in [1.807, 2.05) is 18.2 Å². The van der Waals surface area contributed by atoms with Gasteiger partial charge >= 0.3 is 16.3 Å². The molecule has 5 aliphatic rings. The van der Waals surface area contributed by atoms with Crippen LogP contribution in [-0.4, -0.2) is 89.7 Å². The van der Waals surface area contributed by atoms with Crippen LogP contribution in [0.5, 0.6) is 0 Å². The second-order valence-corrected chi connectivity index (χ2v) is 15.2. The van der Waals surface area contributed by atoms with Gasteiger partial charge in [-0.25, -0.2) is 9.52 Å². The molecule has 1 saturated carbocycles. The van der Waals surface area contributed by atoms with E-state index in [9.17, 15) is 27.6 Å². The number of nitrogens with one attached hydrogen (secondary N) is 2. The Labute approximate surface area is 279 Å². The fourth-order valence-electron chi connectivity index (χ4n) is 6.95. The molecule has 13 nitrogen and oxygen atoms in total. The molecule has 3 fully saturated rings. The Balaban J connectivity index is 1.21. The average Bonchev–Trinajstić information content (AvgIpc) is 3.50. The van der Waals surface area contributed by atoms with Crippen LogP contribution >= 0.6 is 11.6 Å². The number of hydrogen-bond acceptors (Lipinski definition) is 8. The number of amides is 4. The monoisotopic (exact) mass is 688 g/mol. The Kier molecular flexibility index (Phi) is 9.69. The normalized spacial score (nSPS) is 30.0. The van der Waals surface area contributed by atoms with Gasteiger partial charge in [-0.3, -0.25) is 19.3 Å². The molecule has 5 atom stereocenters. The second-order valence-electron chi connectivity index (χ2n) is 13.1. The topological polar surface area (TPSA) is 171 Å². The lowest BCUT2D eigenvalue weighted by atomic mass is 10.1. The van der Waals surface area contributed by atoms with Crippen molar-refractivity contribution < 1.29 is 32.3 Å². The van der Waals surface area contributed by atoms with Crippen LogP contribution in [0, 0.1) is 5.92 Å². The third kappa shape index (κ3) is 7.07. The zero-order valence-electron chi connectivity index (χ0n) is 26.2. The largest absolute Gasteiger partial charge is 0.444 e. The molecule has 0 spiro atoms. The summed E-state index contributed by atoms with van der Waals surface area (Å²) >= 11 is 6.32. The summed E-state index contributed by atoms with van der Waals surface area (Å²) in [6.07, 6.45) is 7.26. The molecular weight excluding hydrogens is 648 g/mol. The average molecular weight is 689 g/mol. The predicted molar refractivity (Wildman–Crippen MR) is 172 cm³/mol. The number of ether oxygens (including phenoxy) is 1. The summed E-state index contributed by atoms with van der Waals surface area (Å²) in [5, 5.41) is 3.36. The summed E-state index contributed by atoms with van der Waals surface area (Å²) in [6, 6.07) is 3.52. The first-order chi connectivity index (χ1) is 22.5. The number of nitrogens with zero attached hydrogens (tertiary/aromatic N) is 3. The van der Waals surface area contributed by atoms with E-state index in [-0.39, 0.29) is 25.9 Å². The van der Waals surface area contributed by atoms with Gasteiger partial charge in [0, 0.05) is 37.0 Å². The smallest absolute Gasteiger partial charge is 0.410 e. The van der Waals surface area contributed by atoms with Gasteiger partial charge in [0.15, 0.2) is 0 Å². The zero-order valence-corrected chi connectivity index (χ0v) is 27.7. The van der Waals surface area contributed by atoms with Crippen LogP contribution in [0.3, 0.4) is 0 Å². The van der Waals surface area contributed by atoms with E-state index in [2.05, 4.69) is 15.8 Å². The minimum atomic E-state index is -4.11. The highest BCUT2D eigenvalue weighted by molar-refractivity contribution is 7.87. The number of fused-ring (bicyclic) bond motifs is 3. The molecule has 4 N–H and O–H groups in total. The first-order valence-electron chi connectivity index (χ1n) is 16.3. The lowest BCUT2D eigenvalue weighted by Gasteiger charge is -2.28. The molecule has 254 valence electrons. The fraction of sp³-hybridized carbons (Fsp3) is 0.594. The van der Waals surface area contributed by atoms with Crippen molar-refractivity contribution in [1.82, 2.24) is 24.1 Å². The zero-order chi connectivity index (χ0) is 33.3. The van der Waals surface area contributed by atoms with E-state index in [0.717, 1.165) is 36.8 Å². The van der Waals surface area contributed by atoms with Crippen molar-refractivity contribution in [3.05, 3.63) is 52.2 Å². The van der Waals surface area contributed by atoms with E-state index in [1.165, 1.54) is 14.1 Å².